The highest BCUT2D eigenvalue weighted by atomic mass is 35.5. The number of aromatic nitrogens is 6. The molecule has 0 atom stereocenters. The van der Waals surface area contributed by atoms with E-state index in [1.54, 1.807) is 21.4 Å². The molecule has 1 aliphatic heterocycles. The maximum absolute atomic E-state index is 12.6. The fraction of sp³-hybridized carbons (Fsp3) is 0.450. The smallest absolute Gasteiger partial charge is 0.345 e. The summed E-state index contributed by atoms with van der Waals surface area (Å²) in [6.45, 7) is 5.39. The Morgan fingerprint density at radius 2 is 2.07 bits per heavy atom. The van der Waals surface area contributed by atoms with E-state index in [0.717, 1.165) is 43.0 Å². The van der Waals surface area contributed by atoms with Crippen LogP contribution in [0.1, 0.15) is 47.0 Å². The quantitative estimate of drug-likeness (QED) is 0.604. The van der Waals surface area contributed by atoms with Gasteiger partial charge in [0, 0.05) is 31.7 Å². The molecule has 0 aliphatic carbocycles. The third-order valence-corrected chi connectivity index (χ3v) is 5.44. The lowest BCUT2D eigenvalue weighted by molar-refractivity contribution is 0.0947. The molecule has 0 saturated heterocycles. The second kappa shape index (κ2) is 8.43. The molecule has 4 rings (SSSR count). The molecule has 0 aromatic carbocycles. The van der Waals surface area contributed by atoms with Gasteiger partial charge in [0.25, 0.3) is 5.91 Å². The number of hydrogen-bond acceptors (Lipinski definition) is 5. The second-order valence-corrected chi connectivity index (χ2v) is 7.89. The first-order chi connectivity index (χ1) is 14.4. The molecule has 1 N–H and O–H groups in total. The summed E-state index contributed by atoms with van der Waals surface area (Å²) in [4.78, 5) is 29.3. The molecule has 1 amide bonds. The normalized spacial score (nSPS) is 13.3. The number of halogens is 1. The molecule has 10 heteroatoms. The molecule has 0 spiro atoms. The third-order valence-electron chi connectivity index (χ3n) is 5.14. The Kier molecular flexibility index (Phi) is 5.72. The number of fused-ring (bicyclic) bond motifs is 1. The first kappa shape index (κ1) is 20.3. The average molecular weight is 430 g/mol. The van der Waals surface area contributed by atoms with Crippen molar-refractivity contribution in [1.29, 1.82) is 0 Å². The molecule has 0 unspecified atom stereocenters. The van der Waals surface area contributed by atoms with E-state index < -0.39 is 0 Å². The van der Waals surface area contributed by atoms with Gasteiger partial charge >= 0.3 is 5.69 Å². The van der Waals surface area contributed by atoms with Crippen LogP contribution in [0.3, 0.4) is 0 Å². The van der Waals surface area contributed by atoms with E-state index >= 15 is 0 Å². The molecule has 0 saturated carbocycles. The molecule has 0 radical (unpaired) electrons. The number of hydrogen-bond donors (Lipinski definition) is 1. The van der Waals surface area contributed by atoms with Crippen LogP contribution >= 0.6 is 11.6 Å². The predicted octanol–water partition coefficient (Wildman–Crippen LogP) is 2.05. The van der Waals surface area contributed by atoms with Gasteiger partial charge in [0.15, 0.2) is 5.82 Å². The molecule has 0 bridgehead atoms. The van der Waals surface area contributed by atoms with E-state index in [0.29, 0.717) is 25.3 Å². The summed E-state index contributed by atoms with van der Waals surface area (Å²) >= 11 is 6.20. The molecule has 9 nitrogen and oxygen atoms in total. The van der Waals surface area contributed by atoms with Crippen LogP contribution in [0.2, 0.25) is 5.02 Å². The standard InChI is InChI=1S/C20H24ClN7O2/c1-13-12-14(2)28(24-13)16-8-7-15(21)18(23-16)19(29)22-9-5-11-27-20(30)26-10-4-3-6-17(26)25-27/h7-8,12H,3-6,9-11H2,1-2H3,(H,22,29). The van der Waals surface area contributed by atoms with Crippen molar-refractivity contribution in [3.05, 3.63) is 56.6 Å². The van der Waals surface area contributed by atoms with Gasteiger partial charge in [-0.25, -0.2) is 19.1 Å². The fourth-order valence-corrected chi connectivity index (χ4v) is 3.87. The average Bonchev–Trinajstić information content (AvgIpc) is 3.24. The van der Waals surface area contributed by atoms with Crippen molar-refractivity contribution in [2.24, 2.45) is 0 Å². The minimum absolute atomic E-state index is 0.0710. The Labute approximate surface area is 178 Å². The largest absolute Gasteiger partial charge is 0.351 e. The molecule has 3 aromatic heterocycles. The fourth-order valence-electron chi connectivity index (χ4n) is 3.68. The monoisotopic (exact) mass is 429 g/mol. The van der Waals surface area contributed by atoms with Crippen molar-refractivity contribution in [1.82, 2.24) is 34.4 Å². The second-order valence-electron chi connectivity index (χ2n) is 7.48. The summed E-state index contributed by atoms with van der Waals surface area (Å²) in [6, 6.07) is 5.31. The zero-order chi connectivity index (χ0) is 21.3. The van der Waals surface area contributed by atoms with Gasteiger partial charge in [0.1, 0.15) is 11.5 Å². The van der Waals surface area contributed by atoms with Crippen molar-refractivity contribution in [2.45, 2.75) is 52.6 Å². The van der Waals surface area contributed by atoms with E-state index in [4.69, 9.17) is 11.6 Å². The summed E-state index contributed by atoms with van der Waals surface area (Å²) in [5.41, 5.74) is 1.86. The summed E-state index contributed by atoms with van der Waals surface area (Å²) in [5, 5.41) is 11.9. The minimum atomic E-state index is -0.361. The maximum atomic E-state index is 12.6. The summed E-state index contributed by atoms with van der Waals surface area (Å²) in [7, 11) is 0. The van der Waals surface area contributed by atoms with Crippen LogP contribution in [-0.4, -0.2) is 41.6 Å². The van der Waals surface area contributed by atoms with Gasteiger partial charge in [0.05, 0.1) is 10.7 Å². The zero-order valence-electron chi connectivity index (χ0n) is 17.1. The lowest BCUT2D eigenvalue weighted by atomic mass is 10.2. The summed E-state index contributed by atoms with van der Waals surface area (Å²) in [6.07, 6.45) is 3.50. The van der Waals surface area contributed by atoms with Crippen LogP contribution in [0.25, 0.3) is 5.82 Å². The molecular weight excluding hydrogens is 406 g/mol. The highest BCUT2D eigenvalue weighted by molar-refractivity contribution is 6.33. The molecule has 0 fully saturated rings. The number of nitrogens with one attached hydrogen (secondary N) is 1. The molecule has 4 heterocycles. The number of carbonyl (C=O) groups excluding carboxylic acids is 1. The third kappa shape index (κ3) is 4.02. The van der Waals surface area contributed by atoms with E-state index in [-0.39, 0.29) is 22.3 Å². The van der Waals surface area contributed by atoms with Crippen molar-refractivity contribution >= 4 is 17.5 Å². The zero-order valence-corrected chi connectivity index (χ0v) is 17.8. The van der Waals surface area contributed by atoms with Gasteiger partial charge < -0.3 is 5.32 Å². The Hall–Kier alpha value is -2.94. The van der Waals surface area contributed by atoms with Gasteiger partial charge in [-0.1, -0.05) is 11.6 Å². The first-order valence-corrected chi connectivity index (χ1v) is 10.5. The SMILES string of the molecule is Cc1cc(C)n(-c2ccc(Cl)c(C(=O)NCCCn3nc4n(c3=O)CCCC4)n2)n1. The Bertz CT molecular complexity index is 1140. The predicted molar refractivity (Wildman–Crippen MR) is 112 cm³/mol. The van der Waals surface area contributed by atoms with Crippen LogP contribution in [0, 0.1) is 13.8 Å². The van der Waals surface area contributed by atoms with E-state index in [1.165, 1.54) is 4.68 Å². The van der Waals surface area contributed by atoms with Crippen molar-refractivity contribution in [3.63, 3.8) is 0 Å². The highest BCUT2D eigenvalue weighted by Crippen LogP contribution is 2.17. The molecule has 3 aromatic rings. The molecule has 1 aliphatic rings. The Morgan fingerprint density at radius 1 is 1.23 bits per heavy atom. The highest BCUT2D eigenvalue weighted by Gasteiger charge is 2.17. The van der Waals surface area contributed by atoms with E-state index in [1.807, 2.05) is 19.9 Å². The van der Waals surface area contributed by atoms with Crippen LogP contribution < -0.4 is 11.0 Å². The van der Waals surface area contributed by atoms with E-state index in [9.17, 15) is 9.59 Å². The number of pyridine rings is 1. The van der Waals surface area contributed by atoms with Crippen LogP contribution in [0.15, 0.2) is 23.0 Å². The van der Waals surface area contributed by atoms with Gasteiger partial charge in [-0.05, 0) is 51.3 Å². The molecular formula is C20H24ClN7O2. The van der Waals surface area contributed by atoms with Crippen LogP contribution in [0.5, 0.6) is 0 Å². The topological polar surface area (TPSA) is 99.6 Å². The van der Waals surface area contributed by atoms with Gasteiger partial charge in [-0.2, -0.15) is 10.2 Å². The van der Waals surface area contributed by atoms with Gasteiger partial charge in [-0.15, -0.1) is 0 Å². The molecule has 158 valence electrons. The number of carbonyl (C=O) groups is 1. The lowest BCUT2D eigenvalue weighted by Crippen LogP contribution is -2.30. The van der Waals surface area contributed by atoms with Crippen LogP contribution in [0.4, 0.5) is 0 Å². The summed E-state index contributed by atoms with van der Waals surface area (Å²) < 4.78 is 4.91. The van der Waals surface area contributed by atoms with Gasteiger partial charge in [0.2, 0.25) is 0 Å². The number of nitrogens with zero attached hydrogens (tertiary/aromatic N) is 6. The number of aryl methyl sites for hydroxylation is 4. The van der Waals surface area contributed by atoms with E-state index in [2.05, 4.69) is 20.5 Å². The van der Waals surface area contributed by atoms with Crippen molar-refractivity contribution in [3.8, 4) is 5.82 Å². The Balaban J connectivity index is 1.39. The maximum Gasteiger partial charge on any atom is 0.345 e. The van der Waals surface area contributed by atoms with Crippen molar-refractivity contribution < 1.29 is 4.79 Å². The molecule has 30 heavy (non-hydrogen) atoms. The minimum Gasteiger partial charge on any atom is -0.351 e. The first-order valence-electron chi connectivity index (χ1n) is 10.1. The van der Waals surface area contributed by atoms with Crippen molar-refractivity contribution in [2.75, 3.05) is 6.54 Å². The lowest BCUT2D eigenvalue weighted by Gasteiger charge is -2.09. The van der Waals surface area contributed by atoms with Gasteiger partial charge in [-0.3, -0.25) is 9.36 Å². The number of rotatable bonds is 6. The Morgan fingerprint density at radius 3 is 2.80 bits per heavy atom. The number of amides is 1. The van der Waals surface area contributed by atoms with Crippen LogP contribution in [-0.2, 0) is 19.5 Å². The summed E-state index contributed by atoms with van der Waals surface area (Å²) in [5.74, 6) is 1.03.